The monoisotopic (exact) mass is 266 g/mol. The summed E-state index contributed by atoms with van der Waals surface area (Å²) in [5.41, 5.74) is 1.48. The van der Waals surface area contributed by atoms with Gasteiger partial charge in [-0.15, -0.1) is 0 Å². The van der Waals surface area contributed by atoms with E-state index in [1.807, 2.05) is 27.7 Å². The summed E-state index contributed by atoms with van der Waals surface area (Å²) in [6.07, 6.45) is 0. The van der Waals surface area contributed by atoms with Crippen LogP contribution in [-0.2, 0) is 22.7 Å². The van der Waals surface area contributed by atoms with Crippen molar-refractivity contribution in [3.05, 3.63) is 33.2 Å². The van der Waals surface area contributed by atoms with Gasteiger partial charge in [-0.2, -0.15) is 0 Å². The second kappa shape index (κ2) is 6.02. The van der Waals surface area contributed by atoms with Crippen LogP contribution in [0.15, 0.2) is 10.9 Å². The Hall–Kier alpha value is -1.62. The minimum atomic E-state index is -0.473. The Bertz CT molecular complexity index is 512. The molecule has 0 saturated heterocycles. The highest BCUT2D eigenvalue weighted by molar-refractivity contribution is 5.81. The molecule has 0 unspecified atom stereocenters. The van der Waals surface area contributed by atoms with Gasteiger partial charge in [0.2, 0.25) is 5.91 Å². The number of hydrogen-bond acceptors (Lipinski definition) is 3. The lowest BCUT2D eigenvalue weighted by Gasteiger charge is -2.18. The first-order valence-electron chi connectivity index (χ1n) is 6.24. The number of nitrogens with one attached hydrogen (secondary N) is 2. The van der Waals surface area contributed by atoms with Crippen LogP contribution in [0.5, 0.6) is 0 Å². The summed E-state index contributed by atoms with van der Waals surface area (Å²) in [6.45, 7) is 7.84. The van der Waals surface area contributed by atoms with Crippen LogP contribution in [0.2, 0.25) is 0 Å². The lowest BCUT2D eigenvalue weighted by atomic mass is 9.95. The van der Waals surface area contributed by atoms with Gasteiger partial charge in [0.15, 0.2) is 5.43 Å². The predicted octanol–water partition coefficient (Wildman–Crippen LogP) is 1.49. The van der Waals surface area contributed by atoms with E-state index in [2.05, 4.69) is 10.3 Å². The summed E-state index contributed by atoms with van der Waals surface area (Å²) < 4.78 is 5.07. The number of aromatic nitrogens is 1. The Morgan fingerprint density at radius 2 is 2.05 bits per heavy atom. The SMILES string of the molecule is COCc1[nH]c(C)cc(=O)c1CNC(=O)C(C)(C)C. The van der Waals surface area contributed by atoms with Gasteiger partial charge in [0.25, 0.3) is 0 Å². The average Bonchev–Trinajstić information content (AvgIpc) is 2.26. The highest BCUT2D eigenvalue weighted by atomic mass is 16.5. The minimum Gasteiger partial charge on any atom is -0.378 e. The van der Waals surface area contributed by atoms with E-state index in [1.165, 1.54) is 6.07 Å². The molecule has 1 amide bonds. The van der Waals surface area contributed by atoms with Gasteiger partial charge in [-0.1, -0.05) is 20.8 Å². The maximum Gasteiger partial charge on any atom is 0.225 e. The van der Waals surface area contributed by atoms with Crippen molar-refractivity contribution < 1.29 is 9.53 Å². The molecule has 0 fully saturated rings. The van der Waals surface area contributed by atoms with Crippen LogP contribution < -0.4 is 10.7 Å². The molecule has 2 N–H and O–H groups in total. The highest BCUT2D eigenvalue weighted by Gasteiger charge is 2.21. The standard InChI is InChI=1S/C14H22N2O3/c1-9-6-12(17)10(11(16-9)8-19-5)7-15-13(18)14(2,3)4/h6H,7-8H2,1-5H3,(H,15,18)(H,16,17). The molecule has 19 heavy (non-hydrogen) atoms. The zero-order chi connectivity index (χ0) is 14.6. The molecule has 0 aliphatic rings. The summed E-state index contributed by atoms with van der Waals surface area (Å²) in [4.78, 5) is 26.9. The number of rotatable bonds is 4. The quantitative estimate of drug-likeness (QED) is 0.867. The number of aryl methyl sites for hydroxylation is 1. The predicted molar refractivity (Wildman–Crippen MR) is 73.8 cm³/mol. The lowest BCUT2D eigenvalue weighted by molar-refractivity contribution is -0.128. The van der Waals surface area contributed by atoms with Crippen molar-refractivity contribution in [2.45, 2.75) is 40.8 Å². The Balaban J connectivity index is 2.94. The molecular weight excluding hydrogens is 244 g/mol. The van der Waals surface area contributed by atoms with Gasteiger partial charge in [-0.25, -0.2) is 0 Å². The summed E-state index contributed by atoms with van der Waals surface area (Å²) in [7, 11) is 1.57. The van der Waals surface area contributed by atoms with E-state index < -0.39 is 5.41 Å². The molecule has 1 heterocycles. The number of hydrogen-bond donors (Lipinski definition) is 2. The summed E-state index contributed by atoms with van der Waals surface area (Å²) >= 11 is 0. The fourth-order valence-electron chi connectivity index (χ4n) is 1.68. The van der Waals surface area contributed by atoms with Gasteiger partial charge in [-0.3, -0.25) is 9.59 Å². The van der Waals surface area contributed by atoms with Crippen molar-refractivity contribution in [3.63, 3.8) is 0 Å². The molecule has 1 aromatic rings. The van der Waals surface area contributed by atoms with Crippen molar-refractivity contribution in [2.75, 3.05) is 7.11 Å². The maximum atomic E-state index is 12.0. The van der Waals surface area contributed by atoms with Crippen LogP contribution in [0.3, 0.4) is 0 Å². The van der Waals surface area contributed by atoms with Crippen molar-refractivity contribution in [3.8, 4) is 0 Å². The molecule has 5 heteroatoms. The molecule has 0 radical (unpaired) electrons. The fourth-order valence-corrected chi connectivity index (χ4v) is 1.68. The van der Waals surface area contributed by atoms with Gasteiger partial charge in [0.1, 0.15) is 0 Å². The van der Waals surface area contributed by atoms with Gasteiger partial charge in [0.05, 0.1) is 12.3 Å². The number of H-pyrrole nitrogens is 1. The van der Waals surface area contributed by atoms with Crippen molar-refractivity contribution in [1.29, 1.82) is 0 Å². The van der Waals surface area contributed by atoms with E-state index in [-0.39, 0.29) is 17.9 Å². The molecule has 0 aliphatic carbocycles. The van der Waals surface area contributed by atoms with Gasteiger partial charge in [-0.05, 0) is 6.92 Å². The lowest BCUT2D eigenvalue weighted by Crippen LogP contribution is -2.36. The molecule has 1 aromatic heterocycles. The normalized spacial score (nSPS) is 11.4. The van der Waals surface area contributed by atoms with Gasteiger partial charge < -0.3 is 15.0 Å². The second-order valence-corrected chi connectivity index (χ2v) is 5.64. The molecule has 5 nitrogen and oxygen atoms in total. The van der Waals surface area contributed by atoms with Crippen LogP contribution in [0.25, 0.3) is 0 Å². The third-order valence-electron chi connectivity index (χ3n) is 2.75. The van der Waals surface area contributed by atoms with E-state index in [0.717, 1.165) is 5.69 Å². The number of ether oxygens (including phenoxy) is 1. The third kappa shape index (κ3) is 4.21. The fraction of sp³-hybridized carbons (Fsp3) is 0.571. The second-order valence-electron chi connectivity index (χ2n) is 5.64. The Kier molecular flexibility index (Phi) is 4.89. The van der Waals surface area contributed by atoms with Crippen LogP contribution in [0.4, 0.5) is 0 Å². The first-order chi connectivity index (χ1) is 8.75. The number of methoxy groups -OCH3 is 1. The first kappa shape index (κ1) is 15.4. The Labute approximate surface area is 113 Å². The van der Waals surface area contributed by atoms with E-state index in [9.17, 15) is 9.59 Å². The molecule has 106 valence electrons. The first-order valence-corrected chi connectivity index (χ1v) is 6.24. The Morgan fingerprint density at radius 1 is 1.42 bits per heavy atom. The highest BCUT2D eigenvalue weighted by Crippen LogP contribution is 2.13. The largest absolute Gasteiger partial charge is 0.378 e. The van der Waals surface area contributed by atoms with Crippen molar-refractivity contribution in [2.24, 2.45) is 5.41 Å². The van der Waals surface area contributed by atoms with E-state index in [4.69, 9.17) is 4.74 Å². The number of carbonyl (C=O) groups excluding carboxylic acids is 1. The molecule has 0 saturated carbocycles. The summed E-state index contributed by atoms with van der Waals surface area (Å²) in [5.74, 6) is -0.0872. The zero-order valence-corrected chi connectivity index (χ0v) is 12.2. The van der Waals surface area contributed by atoms with Crippen LogP contribution >= 0.6 is 0 Å². The number of carbonyl (C=O) groups is 1. The molecule has 0 bridgehead atoms. The van der Waals surface area contributed by atoms with Crippen LogP contribution in [0.1, 0.15) is 37.7 Å². The summed E-state index contributed by atoms with van der Waals surface area (Å²) in [6, 6.07) is 1.53. The van der Waals surface area contributed by atoms with E-state index in [1.54, 1.807) is 7.11 Å². The number of pyridine rings is 1. The van der Waals surface area contributed by atoms with Gasteiger partial charge in [0, 0.05) is 36.4 Å². The molecule has 0 atom stereocenters. The molecular formula is C14H22N2O3. The van der Waals surface area contributed by atoms with Gasteiger partial charge >= 0.3 is 0 Å². The minimum absolute atomic E-state index is 0.0856. The molecule has 0 aromatic carbocycles. The average molecular weight is 266 g/mol. The molecule has 0 aliphatic heterocycles. The number of aromatic amines is 1. The van der Waals surface area contributed by atoms with Crippen molar-refractivity contribution in [1.82, 2.24) is 10.3 Å². The van der Waals surface area contributed by atoms with E-state index in [0.29, 0.717) is 17.9 Å². The number of amides is 1. The smallest absolute Gasteiger partial charge is 0.225 e. The van der Waals surface area contributed by atoms with Crippen molar-refractivity contribution >= 4 is 5.91 Å². The van der Waals surface area contributed by atoms with Crippen LogP contribution in [0, 0.1) is 12.3 Å². The van der Waals surface area contributed by atoms with E-state index >= 15 is 0 Å². The maximum absolute atomic E-state index is 12.0. The van der Waals surface area contributed by atoms with Crippen LogP contribution in [-0.4, -0.2) is 18.0 Å². The summed E-state index contributed by atoms with van der Waals surface area (Å²) in [5, 5.41) is 2.78. The third-order valence-corrected chi connectivity index (χ3v) is 2.75. The zero-order valence-electron chi connectivity index (χ0n) is 12.2. The Morgan fingerprint density at radius 3 is 2.58 bits per heavy atom. The topological polar surface area (TPSA) is 71.2 Å². The molecule has 1 rings (SSSR count). The molecule has 0 spiro atoms.